The summed E-state index contributed by atoms with van der Waals surface area (Å²) in [6.45, 7) is 6.34. The zero-order valence-corrected chi connectivity index (χ0v) is 18.3. The fourth-order valence-corrected chi connectivity index (χ4v) is 4.35. The van der Waals surface area contributed by atoms with Crippen molar-refractivity contribution in [2.75, 3.05) is 13.1 Å². The fraction of sp³-hybridized carbons (Fsp3) is 0.364. The minimum Gasteiger partial charge on any atom is -0.449 e. The van der Waals surface area contributed by atoms with E-state index >= 15 is 0 Å². The molecule has 1 atom stereocenters. The zero-order chi connectivity index (χ0) is 22.1. The highest BCUT2D eigenvalue weighted by atomic mass is 32.2. The van der Waals surface area contributed by atoms with E-state index < -0.39 is 22.1 Å². The number of benzene rings is 2. The van der Waals surface area contributed by atoms with E-state index in [1.807, 2.05) is 30.3 Å². The van der Waals surface area contributed by atoms with Crippen LogP contribution < -0.4 is 5.32 Å². The van der Waals surface area contributed by atoms with Crippen molar-refractivity contribution in [3.05, 3.63) is 65.7 Å². The molecule has 7 nitrogen and oxygen atoms in total. The largest absolute Gasteiger partial charge is 0.449 e. The summed E-state index contributed by atoms with van der Waals surface area (Å²) in [5.41, 5.74) is 1.12. The predicted molar refractivity (Wildman–Crippen MR) is 114 cm³/mol. The Kier molecular flexibility index (Phi) is 8.56. The van der Waals surface area contributed by atoms with Gasteiger partial charge < -0.3 is 10.1 Å². The third kappa shape index (κ3) is 5.90. The summed E-state index contributed by atoms with van der Waals surface area (Å²) in [6.07, 6.45) is -0.610. The van der Waals surface area contributed by atoms with Crippen LogP contribution >= 0.6 is 0 Å². The Hall–Kier alpha value is -2.71. The summed E-state index contributed by atoms with van der Waals surface area (Å²) in [5, 5.41) is 2.76. The summed E-state index contributed by atoms with van der Waals surface area (Å²) in [4.78, 5) is 24.9. The molecule has 0 fully saturated rings. The van der Waals surface area contributed by atoms with Gasteiger partial charge in [-0.05, 0) is 36.2 Å². The van der Waals surface area contributed by atoms with Crippen LogP contribution in [0.1, 0.15) is 43.1 Å². The van der Waals surface area contributed by atoms with Gasteiger partial charge in [0.2, 0.25) is 10.0 Å². The molecule has 1 unspecified atom stereocenters. The minimum atomic E-state index is -3.60. The Morgan fingerprint density at radius 1 is 0.967 bits per heavy atom. The van der Waals surface area contributed by atoms with Gasteiger partial charge >= 0.3 is 5.97 Å². The van der Waals surface area contributed by atoms with Crippen LogP contribution in [0.2, 0.25) is 0 Å². The van der Waals surface area contributed by atoms with E-state index in [4.69, 9.17) is 4.74 Å². The lowest BCUT2D eigenvalue weighted by atomic mass is 10.2. The van der Waals surface area contributed by atoms with Crippen molar-refractivity contribution >= 4 is 21.9 Å². The van der Waals surface area contributed by atoms with Gasteiger partial charge in [-0.15, -0.1) is 0 Å². The van der Waals surface area contributed by atoms with E-state index in [2.05, 4.69) is 5.32 Å². The van der Waals surface area contributed by atoms with Crippen molar-refractivity contribution in [1.29, 1.82) is 0 Å². The maximum absolute atomic E-state index is 12.5. The number of ether oxygens (including phenoxy) is 1. The molecule has 1 amide bonds. The number of nitrogens with zero attached hydrogens (tertiary/aromatic N) is 1. The van der Waals surface area contributed by atoms with Gasteiger partial charge in [0.05, 0.1) is 10.5 Å². The van der Waals surface area contributed by atoms with Crippen molar-refractivity contribution in [2.45, 2.75) is 44.7 Å². The number of esters is 1. The smallest absolute Gasteiger partial charge is 0.338 e. The molecule has 0 aliphatic heterocycles. The number of carbonyl (C=O) groups is 2. The lowest BCUT2D eigenvalue weighted by Gasteiger charge is -2.19. The molecule has 0 spiro atoms. The van der Waals surface area contributed by atoms with E-state index in [9.17, 15) is 18.0 Å². The van der Waals surface area contributed by atoms with Gasteiger partial charge in [-0.1, -0.05) is 51.1 Å². The molecule has 0 saturated carbocycles. The van der Waals surface area contributed by atoms with E-state index in [0.717, 1.165) is 5.56 Å². The highest BCUT2D eigenvalue weighted by molar-refractivity contribution is 7.89. The zero-order valence-electron chi connectivity index (χ0n) is 17.5. The number of amides is 1. The van der Waals surface area contributed by atoms with Crippen LogP contribution in [0.3, 0.4) is 0 Å². The van der Waals surface area contributed by atoms with Gasteiger partial charge in [-0.3, -0.25) is 4.79 Å². The molecule has 0 aliphatic carbocycles. The lowest BCUT2D eigenvalue weighted by Crippen LogP contribution is -2.37. The fourth-order valence-electron chi connectivity index (χ4n) is 2.89. The quantitative estimate of drug-likeness (QED) is 0.583. The van der Waals surface area contributed by atoms with Crippen LogP contribution in [-0.2, 0) is 26.1 Å². The SMILES string of the molecule is CCC(OC(=O)c1ccc(S(=O)(=O)N(CC)CC)cc1)C(=O)NCc1ccccc1. The van der Waals surface area contributed by atoms with Crippen molar-refractivity contribution < 1.29 is 22.7 Å². The molecule has 162 valence electrons. The topological polar surface area (TPSA) is 92.8 Å². The van der Waals surface area contributed by atoms with Crippen LogP contribution in [0, 0.1) is 0 Å². The third-order valence-corrected chi connectivity index (χ3v) is 6.72. The van der Waals surface area contributed by atoms with E-state index in [0.29, 0.717) is 26.1 Å². The maximum atomic E-state index is 12.5. The van der Waals surface area contributed by atoms with E-state index in [-0.39, 0.29) is 16.4 Å². The molecule has 0 bridgehead atoms. The molecule has 1 N–H and O–H groups in total. The van der Waals surface area contributed by atoms with Gasteiger partial charge in [-0.25, -0.2) is 13.2 Å². The molecule has 2 aromatic carbocycles. The number of sulfonamides is 1. The summed E-state index contributed by atoms with van der Waals surface area (Å²) in [5.74, 6) is -1.06. The monoisotopic (exact) mass is 432 g/mol. The number of hydrogen-bond donors (Lipinski definition) is 1. The van der Waals surface area contributed by atoms with Gasteiger partial charge in [0, 0.05) is 19.6 Å². The lowest BCUT2D eigenvalue weighted by molar-refractivity contribution is -0.130. The molecule has 2 rings (SSSR count). The minimum absolute atomic E-state index is 0.107. The second-order valence-electron chi connectivity index (χ2n) is 6.62. The predicted octanol–water partition coefficient (Wildman–Crippen LogP) is 2.97. The Labute approximate surface area is 178 Å². The average Bonchev–Trinajstić information content (AvgIpc) is 2.77. The van der Waals surface area contributed by atoms with Crippen molar-refractivity contribution in [3.8, 4) is 0 Å². The molecule has 0 aliphatic rings. The van der Waals surface area contributed by atoms with Crippen LogP contribution in [-0.4, -0.2) is 43.8 Å². The second-order valence-corrected chi connectivity index (χ2v) is 8.56. The van der Waals surface area contributed by atoms with Crippen LogP contribution in [0.4, 0.5) is 0 Å². The Balaban J connectivity index is 2.02. The summed E-state index contributed by atoms with van der Waals surface area (Å²) >= 11 is 0. The summed E-state index contributed by atoms with van der Waals surface area (Å²) < 4.78 is 31.7. The number of nitrogens with one attached hydrogen (secondary N) is 1. The number of hydrogen-bond acceptors (Lipinski definition) is 5. The third-order valence-electron chi connectivity index (χ3n) is 4.66. The van der Waals surface area contributed by atoms with Gasteiger partial charge in [0.15, 0.2) is 6.10 Å². The Bertz CT molecular complexity index is 939. The first-order chi connectivity index (χ1) is 14.3. The molecular weight excluding hydrogens is 404 g/mol. The standard InChI is InChI=1S/C22H28N2O5S/c1-4-20(21(25)23-16-17-10-8-7-9-11-17)29-22(26)18-12-14-19(15-13-18)30(27,28)24(5-2)6-3/h7-15,20H,4-6,16H2,1-3H3,(H,23,25). The number of carbonyl (C=O) groups excluding carboxylic acids is 2. The van der Waals surface area contributed by atoms with Gasteiger partial charge in [0.1, 0.15) is 0 Å². The van der Waals surface area contributed by atoms with Crippen molar-refractivity contribution in [3.63, 3.8) is 0 Å². The molecule has 30 heavy (non-hydrogen) atoms. The highest BCUT2D eigenvalue weighted by Crippen LogP contribution is 2.17. The summed E-state index contributed by atoms with van der Waals surface area (Å²) in [6, 6.07) is 15.0. The highest BCUT2D eigenvalue weighted by Gasteiger charge is 2.24. The molecule has 8 heteroatoms. The molecule has 0 aromatic heterocycles. The number of rotatable bonds is 10. The summed E-state index contributed by atoms with van der Waals surface area (Å²) in [7, 11) is -3.60. The first-order valence-electron chi connectivity index (χ1n) is 9.96. The Morgan fingerprint density at radius 2 is 1.57 bits per heavy atom. The van der Waals surface area contributed by atoms with Gasteiger partial charge in [-0.2, -0.15) is 4.31 Å². The molecule has 0 saturated heterocycles. The first kappa shape index (κ1) is 23.6. The molecule has 2 aromatic rings. The maximum Gasteiger partial charge on any atom is 0.338 e. The Morgan fingerprint density at radius 3 is 2.10 bits per heavy atom. The van der Waals surface area contributed by atoms with Crippen molar-refractivity contribution in [2.24, 2.45) is 0 Å². The first-order valence-corrected chi connectivity index (χ1v) is 11.4. The van der Waals surface area contributed by atoms with E-state index in [1.54, 1.807) is 20.8 Å². The van der Waals surface area contributed by atoms with E-state index in [1.165, 1.54) is 28.6 Å². The van der Waals surface area contributed by atoms with Gasteiger partial charge in [0.25, 0.3) is 5.91 Å². The van der Waals surface area contributed by atoms with Crippen molar-refractivity contribution in [1.82, 2.24) is 9.62 Å². The molecule has 0 heterocycles. The second kappa shape index (κ2) is 10.9. The molecule has 0 radical (unpaired) electrons. The average molecular weight is 433 g/mol. The van der Waals surface area contributed by atoms with Crippen LogP contribution in [0.15, 0.2) is 59.5 Å². The normalized spacial score (nSPS) is 12.4. The van der Waals surface area contributed by atoms with Crippen LogP contribution in [0.5, 0.6) is 0 Å². The van der Waals surface area contributed by atoms with Crippen LogP contribution in [0.25, 0.3) is 0 Å². The molecular formula is C22H28N2O5S.